The molecule has 0 saturated heterocycles. The van der Waals surface area contributed by atoms with E-state index in [9.17, 15) is 26.4 Å². The molecule has 0 saturated carbocycles. The molecule has 0 amide bonds. The molecule has 0 fully saturated rings. The van der Waals surface area contributed by atoms with Crippen molar-refractivity contribution in [2.45, 2.75) is 18.3 Å². The maximum Gasteiger partial charge on any atom is 0.534 e. The summed E-state index contributed by atoms with van der Waals surface area (Å²) in [5.41, 5.74) is -5.24. The van der Waals surface area contributed by atoms with Crippen molar-refractivity contribution in [1.29, 1.82) is 0 Å². The van der Waals surface area contributed by atoms with Gasteiger partial charge < -0.3 is 8.71 Å². The van der Waals surface area contributed by atoms with Crippen LogP contribution in [0, 0.1) is 0 Å². The van der Waals surface area contributed by atoms with E-state index in [1.54, 1.807) is 9.47 Å². The van der Waals surface area contributed by atoms with E-state index in [1.165, 1.54) is 13.0 Å². The molecule has 0 aliphatic rings. The molecule has 0 spiro atoms. The van der Waals surface area contributed by atoms with Gasteiger partial charge in [-0.2, -0.15) is 21.6 Å². The minimum atomic E-state index is -5.81. The fraction of sp³-hybridized carbons (Fsp3) is 0.300. The fourth-order valence-electron chi connectivity index (χ4n) is 1.26. The molecule has 2 atom stereocenters. The van der Waals surface area contributed by atoms with Crippen LogP contribution in [0.15, 0.2) is 18.2 Å². The minimum Gasteiger partial charge on any atom is -0.451 e. The predicted octanol–water partition coefficient (Wildman–Crippen LogP) is 3.01. The van der Waals surface area contributed by atoms with Crippen LogP contribution < -0.4 is 4.18 Å². The van der Waals surface area contributed by atoms with Gasteiger partial charge in [0.1, 0.15) is 0 Å². The molecule has 118 valence electrons. The third-order valence-corrected chi connectivity index (χ3v) is 3.90. The second-order valence-corrected chi connectivity index (χ2v) is 6.01. The van der Waals surface area contributed by atoms with Crippen LogP contribution in [0.1, 0.15) is 18.4 Å². The highest BCUT2D eigenvalue weighted by molar-refractivity contribution is 7.88. The monoisotopic (exact) mass is 364 g/mol. The smallest absolute Gasteiger partial charge is 0.451 e. The van der Waals surface area contributed by atoms with Gasteiger partial charge in [0.15, 0.2) is 5.75 Å². The zero-order chi connectivity index (χ0) is 16.4. The molecule has 1 aromatic rings. The lowest BCUT2D eigenvalue weighted by Crippen LogP contribution is -2.28. The summed E-state index contributed by atoms with van der Waals surface area (Å²) in [6.45, 7) is 1.48. The van der Waals surface area contributed by atoms with Gasteiger partial charge in [-0.25, -0.2) is 0 Å². The summed E-state index contributed by atoms with van der Waals surface area (Å²) < 4.78 is 66.6. The van der Waals surface area contributed by atoms with E-state index in [4.69, 9.17) is 11.6 Å². The van der Waals surface area contributed by atoms with E-state index in [1.807, 2.05) is 0 Å². The quantitative estimate of drug-likeness (QED) is 0.466. The molecule has 0 bridgehead atoms. The average Bonchev–Trinajstić information content (AvgIpc) is 2.37. The standard InChI is InChI=1S/C10H9ClF3O5PS/c1-5(9(15)18-20)6-2-3-8(7(11)4-6)19-21(16,17)10(12,13)14/h2-5H,20H2,1H3. The first-order valence-electron chi connectivity index (χ1n) is 5.20. The summed E-state index contributed by atoms with van der Waals surface area (Å²) in [5, 5.41) is -0.385. The number of carbonyl (C=O) groups excluding carboxylic acids is 1. The average molecular weight is 365 g/mol. The Balaban J connectivity index is 3.08. The van der Waals surface area contributed by atoms with Gasteiger partial charge in [0.25, 0.3) is 0 Å². The normalized spacial score (nSPS) is 13.6. The van der Waals surface area contributed by atoms with Crippen LogP contribution in [0.5, 0.6) is 5.75 Å². The third-order valence-electron chi connectivity index (χ3n) is 2.41. The first kappa shape index (κ1) is 18.0. The van der Waals surface area contributed by atoms with E-state index < -0.39 is 33.3 Å². The summed E-state index contributed by atoms with van der Waals surface area (Å²) in [6, 6.07) is 3.25. The number of hydrogen-bond acceptors (Lipinski definition) is 5. The molecule has 0 aliphatic heterocycles. The summed E-state index contributed by atoms with van der Waals surface area (Å²) >= 11 is 5.66. The Hall–Kier alpha value is -1.05. The van der Waals surface area contributed by atoms with Crippen molar-refractivity contribution in [3.05, 3.63) is 28.8 Å². The lowest BCUT2D eigenvalue weighted by Gasteiger charge is -2.13. The van der Waals surface area contributed by atoms with Crippen molar-refractivity contribution in [3.63, 3.8) is 0 Å². The Bertz CT molecular complexity index is 647. The minimum absolute atomic E-state index is 0.323. The Morgan fingerprint density at radius 3 is 2.38 bits per heavy atom. The molecular weight excluding hydrogens is 356 g/mol. The van der Waals surface area contributed by atoms with Crippen LogP contribution in [0.25, 0.3) is 0 Å². The number of carbonyl (C=O) groups is 1. The molecule has 0 N–H and O–H groups in total. The lowest BCUT2D eigenvalue weighted by molar-refractivity contribution is -0.134. The first-order chi connectivity index (χ1) is 9.49. The zero-order valence-corrected chi connectivity index (χ0v) is 13.1. The topological polar surface area (TPSA) is 69.7 Å². The van der Waals surface area contributed by atoms with Crippen LogP contribution in [0.3, 0.4) is 0 Å². The lowest BCUT2D eigenvalue weighted by atomic mass is 10.0. The van der Waals surface area contributed by atoms with Crippen molar-refractivity contribution in [2.75, 3.05) is 0 Å². The molecule has 11 heteroatoms. The summed E-state index contributed by atoms with van der Waals surface area (Å²) in [6.07, 6.45) is 0. The van der Waals surface area contributed by atoms with E-state index in [0.29, 0.717) is 5.56 Å². The van der Waals surface area contributed by atoms with Crippen LogP contribution >= 0.6 is 21.1 Å². The van der Waals surface area contributed by atoms with E-state index >= 15 is 0 Å². The highest BCUT2D eigenvalue weighted by Gasteiger charge is 2.48. The molecule has 0 heterocycles. The van der Waals surface area contributed by atoms with E-state index in [-0.39, 0.29) is 5.02 Å². The number of halogens is 4. The molecule has 2 unspecified atom stereocenters. The molecule has 1 aromatic carbocycles. The zero-order valence-electron chi connectivity index (χ0n) is 10.3. The van der Waals surface area contributed by atoms with Gasteiger partial charge in [-0.3, -0.25) is 4.79 Å². The van der Waals surface area contributed by atoms with Gasteiger partial charge in [-0.15, -0.1) is 0 Å². The molecular formula is C10H9ClF3O5PS. The third kappa shape index (κ3) is 4.21. The van der Waals surface area contributed by atoms with Crippen LogP contribution in [-0.4, -0.2) is 19.9 Å². The molecule has 21 heavy (non-hydrogen) atoms. The van der Waals surface area contributed by atoms with Crippen LogP contribution in [-0.2, 0) is 19.4 Å². The Kier molecular flexibility index (Phi) is 5.46. The number of alkyl halides is 3. The maximum atomic E-state index is 12.2. The highest BCUT2D eigenvalue weighted by Crippen LogP contribution is 2.33. The Morgan fingerprint density at radius 2 is 1.95 bits per heavy atom. The van der Waals surface area contributed by atoms with Gasteiger partial charge in [0.05, 0.1) is 20.4 Å². The summed E-state index contributed by atoms with van der Waals surface area (Å²) in [4.78, 5) is 11.3. The predicted molar refractivity (Wildman–Crippen MR) is 71.3 cm³/mol. The number of rotatable bonds is 4. The summed E-state index contributed by atoms with van der Waals surface area (Å²) in [7, 11) is -4.05. The highest BCUT2D eigenvalue weighted by atomic mass is 35.5. The molecule has 5 nitrogen and oxygen atoms in total. The van der Waals surface area contributed by atoms with Crippen molar-refractivity contribution < 1.29 is 35.1 Å². The van der Waals surface area contributed by atoms with Gasteiger partial charge >= 0.3 is 21.6 Å². The van der Waals surface area contributed by atoms with Crippen molar-refractivity contribution in [3.8, 4) is 5.75 Å². The van der Waals surface area contributed by atoms with Gasteiger partial charge in [-0.1, -0.05) is 17.7 Å². The van der Waals surface area contributed by atoms with Gasteiger partial charge in [-0.05, 0) is 24.6 Å². The number of hydrogen-bond donors (Lipinski definition) is 0. The maximum absolute atomic E-state index is 12.2. The SMILES string of the molecule is CC(C(=O)OP)c1ccc(OS(=O)(=O)C(F)(F)F)c(Cl)c1. The van der Waals surface area contributed by atoms with Crippen molar-refractivity contribution >= 4 is 37.2 Å². The van der Waals surface area contributed by atoms with E-state index in [0.717, 1.165) is 12.1 Å². The fourth-order valence-corrected chi connectivity index (χ4v) is 2.21. The molecule has 0 radical (unpaired) electrons. The van der Waals surface area contributed by atoms with Gasteiger partial charge in [0.2, 0.25) is 0 Å². The molecule has 0 aliphatic carbocycles. The first-order valence-corrected chi connectivity index (χ1v) is 7.46. The molecule has 0 aromatic heterocycles. The summed E-state index contributed by atoms with van der Waals surface area (Å²) in [5.74, 6) is -2.05. The Labute approximate surface area is 125 Å². The number of benzene rings is 1. The largest absolute Gasteiger partial charge is 0.534 e. The Morgan fingerprint density at radius 1 is 1.38 bits per heavy atom. The second kappa shape index (κ2) is 6.37. The molecule has 1 rings (SSSR count). The van der Waals surface area contributed by atoms with Crippen molar-refractivity contribution in [2.24, 2.45) is 0 Å². The van der Waals surface area contributed by atoms with Crippen molar-refractivity contribution in [1.82, 2.24) is 0 Å². The second-order valence-electron chi connectivity index (χ2n) is 3.83. The van der Waals surface area contributed by atoms with Crippen LogP contribution in [0.2, 0.25) is 5.02 Å². The van der Waals surface area contributed by atoms with Crippen LogP contribution in [0.4, 0.5) is 13.2 Å². The van der Waals surface area contributed by atoms with E-state index in [2.05, 4.69) is 8.71 Å². The van der Waals surface area contributed by atoms with Gasteiger partial charge in [0, 0.05) is 0 Å².